The number of hydrogen-bond donors (Lipinski definition) is 4. The van der Waals surface area contributed by atoms with Crippen LogP contribution in [-0.4, -0.2) is 173 Å². The third-order valence-electron chi connectivity index (χ3n) is 16.7. The number of carboxylic acid groups (broad SMARTS) is 1. The Hall–Kier alpha value is -7.75. The highest BCUT2D eigenvalue weighted by atomic mass is 19.1. The number of aliphatic carboxylic acids is 1. The van der Waals surface area contributed by atoms with Gasteiger partial charge < -0.3 is 59.0 Å². The summed E-state index contributed by atoms with van der Waals surface area (Å²) in [5.74, 6) is -8.97. The Morgan fingerprint density at radius 2 is 1.54 bits per heavy atom. The summed E-state index contributed by atoms with van der Waals surface area (Å²) >= 11 is 0. The predicted octanol–water partition coefficient (Wildman–Crippen LogP) is 2.83. The number of nitrogens with one attached hydrogen (secondary N) is 3. The summed E-state index contributed by atoms with van der Waals surface area (Å²) in [6.45, 7) is 13.0. The number of benzene rings is 1. The number of cyclic esters (lactones) is 1. The molecule has 5 aliphatic rings. The lowest BCUT2D eigenvalue weighted by atomic mass is 9.81. The van der Waals surface area contributed by atoms with Gasteiger partial charge in [-0.15, -0.1) is 5.06 Å². The van der Waals surface area contributed by atoms with Crippen LogP contribution in [0.4, 0.5) is 4.39 Å². The number of aryl methyl sites for hydroxylation is 1. The molecule has 87 heavy (non-hydrogen) atoms. The molecule has 0 radical (unpaired) electrons. The minimum absolute atomic E-state index is 0.0159. The van der Waals surface area contributed by atoms with Crippen LogP contribution in [0.25, 0.3) is 22.3 Å². The topological polar surface area (TPSA) is 327 Å². The van der Waals surface area contributed by atoms with Crippen molar-refractivity contribution in [3.63, 3.8) is 0 Å². The molecule has 2 saturated heterocycles. The monoisotopic (exact) mass is 1220 g/mol. The van der Waals surface area contributed by atoms with Crippen molar-refractivity contribution in [1.29, 1.82) is 0 Å². The lowest BCUT2D eigenvalue weighted by Crippen LogP contribution is -2.57. The van der Waals surface area contributed by atoms with Gasteiger partial charge in [0.2, 0.25) is 29.2 Å². The molecule has 0 saturated carbocycles. The van der Waals surface area contributed by atoms with Gasteiger partial charge in [-0.1, -0.05) is 34.6 Å². The van der Waals surface area contributed by atoms with Gasteiger partial charge in [-0.3, -0.25) is 43.3 Å². The maximum atomic E-state index is 15.6. The molecule has 27 heteroatoms. The number of amides is 6. The number of carbonyl (C=O) groups is 10. The number of esters is 2. The fourth-order valence-corrected chi connectivity index (χ4v) is 12.1. The Balaban J connectivity index is 0.825. The smallest absolute Gasteiger partial charge is 0.355 e. The van der Waals surface area contributed by atoms with E-state index in [1.54, 1.807) is 38.3 Å². The first-order chi connectivity index (χ1) is 41.6. The number of likely N-dealkylation sites (tertiary alicyclic amines) is 1. The maximum Gasteiger partial charge on any atom is 0.355 e. The molecular formula is C60H77FN8O18. The van der Waals surface area contributed by atoms with E-state index in [1.165, 1.54) is 6.07 Å². The van der Waals surface area contributed by atoms with Crippen molar-refractivity contribution in [3.8, 4) is 11.4 Å². The van der Waals surface area contributed by atoms with Crippen LogP contribution in [0.15, 0.2) is 16.9 Å². The molecule has 6 heterocycles. The summed E-state index contributed by atoms with van der Waals surface area (Å²) < 4.78 is 45.4. The van der Waals surface area contributed by atoms with E-state index in [0.29, 0.717) is 40.4 Å². The Morgan fingerprint density at radius 3 is 2.21 bits per heavy atom. The number of rotatable bonds is 30. The van der Waals surface area contributed by atoms with Gasteiger partial charge >= 0.3 is 23.9 Å². The number of carbonyl (C=O) groups excluding carboxylic acids is 9. The first kappa shape index (κ1) is 65.2. The zero-order valence-corrected chi connectivity index (χ0v) is 50.0. The highest BCUT2D eigenvalue weighted by Gasteiger charge is 2.52. The number of halogens is 1. The van der Waals surface area contributed by atoms with Crippen molar-refractivity contribution < 1.29 is 86.0 Å². The van der Waals surface area contributed by atoms with Gasteiger partial charge in [-0.05, 0) is 87.2 Å². The van der Waals surface area contributed by atoms with Crippen LogP contribution >= 0.6 is 0 Å². The van der Waals surface area contributed by atoms with Crippen LogP contribution in [0.1, 0.15) is 145 Å². The quantitative estimate of drug-likeness (QED) is 0.0331. The minimum Gasteiger partial charge on any atom is -0.481 e. The summed E-state index contributed by atoms with van der Waals surface area (Å²) in [5, 5.41) is 18.9. The number of pyridine rings is 2. The van der Waals surface area contributed by atoms with Crippen LogP contribution in [-0.2, 0) is 102 Å². The number of ether oxygens (including phenoxy) is 5. The van der Waals surface area contributed by atoms with Crippen molar-refractivity contribution in [2.45, 2.75) is 162 Å². The van der Waals surface area contributed by atoms with Crippen molar-refractivity contribution >= 4 is 70.2 Å². The van der Waals surface area contributed by atoms with Crippen molar-refractivity contribution in [2.24, 2.45) is 5.92 Å². The number of nitrogens with zero attached hydrogens (tertiary/aromatic N) is 5. The van der Waals surface area contributed by atoms with Crippen molar-refractivity contribution in [3.05, 3.63) is 61.7 Å². The molecule has 2 aromatic heterocycles. The second-order valence-electron chi connectivity index (χ2n) is 22.4. The number of aromatic nitrogens is 2. The second kappa shape index (κ2) is 28.8. The summed E-state index contributed by atoms with van der Waals surface area (Å²) in [6.07, 6.45) is 0.603. The molecule has 472 valence electrons. The summed E-state index contributed by atoms with van der Waals surface area (Å²) in [4.78, 5) is 157. The van der Waals surface area contributed by atoms with Gasteiger partial charge in [0.15, 0.2) is 0 Å². The summed E-state index contributed by atoms with van der Waals surface area (Å²) in [5.41, 5.74) is 2.10. The molecule has 0 bridgehead atoms. The Kier molecular flexibility index (Phi) is 21.6. The largest absolute Gasteiger partial charge is 0.481 e. The van der Waals surface area contributed by atoms with Gasteiger partial charge in [-0.25, -0.2) is 23.8 Å². The maximum absolute atomic E-state index is 15.6. The minimum atomic E-state index is -2.15. The van der Waals surface area contributed by atoms with Crippen LogP contribution in [0.2, 0.25) is 0 Å². The molecule has 0 unspecified atom stereocenters. The Labute approximate surface area is 501 Å². The normalized spacial score (nSPS) is 19.2. The standard InChI is InChI=1S/C60H77FN8O18/c1-7-60(38-28-44-54-36(31-68(44)56(78)37(38)32-85-59(60)81)52-42(66(8-2)9-3)16-15-35-34(6)39(61)29-40(64-54)51(35)52)86-58(80)53(33(4)5)65-55(77)43-12-11-21-67(43)57(79)41(30-49(74)75)63-46(71)19-22-82-24-26-84-27-25-83-23-20-62-45(70)13-10-14-50(76)87-69-47(72)17-18-48(69)73/h28-29,33,41-43,53H,7-27,30-32H2,1-6H3,(H,62,70)(H,63,71)(H,65,77)(H,74,75)/t41-,42-,43-,53-,60-/m0/s1. The molecule has 6 amide bonds. The molecule has 1 aromatic carbocycles. The Morgan fingerprint density at radius 1 is 0.851 bits per heavy atom. The first-order valence-corrected chi connectivity index (χ1v) is 29.9. The van der Waals surface area contributed by atoms with Crippen molar-refractivity contribution in [2.75, 3.05) is 65.8 Å². The van der Waals surface area contributed by atoms with Gasteiger partial charge in [0.1, 0.15) is 30.5 Å². The molecule has 4 N–H and O–H groups in total. The fourth-order valence-electron chi connectivity index (χ4n) is 12.1. The zero-order chi connectivity index (χ0) is 62.9. The van der Waals surface area contributed by atoms with E-state index in [4.69, 9.17) is 33.5 Å². The number of hydrogen-bond acceptors (Lipinski definition) is 19. The zero-order valence-electron chi connectivity index (χ0n) is 50.0. The van der Waals surface area contributed by atoms with E-state index in [1.807, 2.05) is 0 Å². The highest BCUT2D eigenvalue weighted by Crippen LogP contribution is 2.48. The fraction of sp³-hybridized carbons (Fsp3) is 0.600. The van der Waals surface area contributed by atoms with Gasteiger partial charge in [0.05, 0.1) is 75.1 Å². The first-order valence-electron chi connectivity index (χ1n) is 29.9. The molecular weight excluding hydrogens is 1140 g/mol. The van der Waals surface area contributed by atoms with E-state index < -0.39 is 102 Å². The van der Waals surface area contributed by atoms with E-state index in [9.17, 15) is 57.8 Å². The lowest BCUT2D eigenvalue weighted by molar-refractivity contribution is -0.197. The SMILES string of the molecule is CCN(CC)[C@H]1CCc2c(C)c(F)cc3nc4c(c1c23)Cn1c-4cc2c(c1=O)COC(=O)[C@@]2(CC)OC(=O)[C@@H](NC(=O)[C@@H]1CCCN1C(=O)[C@H](CC(=O)O)NC(=O)CCOCCOCCOCCNC(=O)CCCC(=O)ON1C(=O)CCC1=O)C(C)C. The van der Waals surface area contributed by atoms with Crippen LogP contribution in [0, 0.1) is 18.7 Å². The van der Waals surface area contributed by atoms with E-state index in [2.05, 4.69) is 34.7 Å². The molecule has 4 aliphatic heterocycles. The van der Waals surface area contributed by atoms with Gasteiger partial charge in [0.25, 0.3) is 17.4 Å². The predicted molar refractivity (Wildman–Crippen MR) is 304 cm³/mol. The molecule has 26 nitrogen and oxygen atoms in total. The number of imide groups is 1. The van der Waals surface area contributed by atoms with Crippen LogP contribution in [0.3, 0.4) is 0 Å². The number of fused-ring (bicyclic) bond motifs is 5. The van der Waals surface area contributed by atoms with E-state index in [0.717, 1.165) is 46.5 Å². The Bertz CT molecular complexity index is 3240. The van der Waals surface area contributed by atoms with E-state index in [-0.39, 0.29) is 140 Å². The number of hydroxylamine groups is 2. The highest BCUT2D eigenvalue weighted by molar-refractivity contribution is 6.02. The second-order valence-corrected chi connectivity index (χ2v) is 22.4. The molecule has 5 atom stereocenters. The molecule has 2 fully saturated rings. The molecule has 1 aliphatic carbocycles. The third kappa shape index (κ3) is 14.3. The van der Waals surface area contributed by atoms with Gasteiger partial charge in [0, 0.05) is 73.8 Å². The van der Waals surface area contributed by atoms with E-state index >= 15 is 4.39 Å². The lowest BCUT2D eigenvalue weighted by Gasteiger charge is -2.37. The average molecular weight is 1220 g/mol. The average Bonchev–Trinajstić information content (AvgIpc) is 1.95. The third-order valence-corrected chi connectivity index (χ3v) is 16.7. The van der Waals surface area contributed by atoms with Crippen molar-refractivity contribution in [1.82, 2.24) is 40.4 Å². The molecule has 8 rings (SSSR count). The summed E-state index contributed by atoms with van der Waals surface area (Å²) in [7, 11) is 0. The van der Waals surface area contributed by atoms with Gasteiger partial charge in [-0.2, -0.15) is 0 Å². The molecule has 3 aromatic rings. The van der Waals surface area contributed by atoms with Crippen LogP contribution < -0.4 is 21.5 Å². The molecule has 0 spiro atoms. The van der Waals surface area contributed by atoms with Crippen LogP contribution in [0.5, 0.6) is 0 Å². The number of carboxylic acids is 1. The summed E-state index contributed by atoms with van der Waals surface area (Å²) in [6, 6.07) is -1.14.